The largest absolute Gasteiger partial charge is 0.481 e. The Kier molecular flexibility index (Phi) is 9.92. The third kappa shape index (κ3) is 7.90. The number of hydrogen-bond donors (Lipinski definition) is 2. The van der Waals surface area contributed by atoms with Crippen molar-refractivity contribution in [3.63, 3.8) is 0 Å². The maximum Gasteiger partial charge on any atom is 0.303 e. The van der Waals surface area contributed by atoms with Crippen LogP contribution in [0.15, 0.2) is 12.2 Å². The molecule has 1 heterocycles. The molecule has 1 rings (SSSR count). The number of carbonyl (C=O) groups excluding carboxylic acids is 1. The monoisotopic (exact) mass is 367 g/mol. The van der Waals surface area contributed by atoms with Crippen LogP contribution >= 0.6 is 0 Å². The molecule has 2 atom stereocenters. The summed E-state index contributed by atoms with van der Waals surface area (Å²) in [5.74, 6) is -0.567. The molecule has 1 aliphatic heterocycles. The number of carbonyl (C=O) groups is 2. The van der Waals surface area contributed by atoms with Crippen molar-refractivity contribution in [2.45, 2.75) is 97.1 Å². The smallest absolute Gasteiger partial charge is 0.303 e. The third-order valence-corrected chi connectivity index (χ3v) is 5.16. The molecular formula is C21H37NO4. The van der Waals surface area contributed by atoms with Crippen LogP contribution in [0.4, 0.5) is 0 Å². The maximum absolute atomic E-state index is 12.7. The van der Waals surface area contributed by atoms with E-state index >= 15 is 0 Å². The van der Waals surface area contributed by atoms with Crippen molar-refractivity contribution < 1.29 is 19.8 Å². The van der Waals surface area contributed by atoms with Gasteiger partial charge in [0.2, 0.25) is 5.91 Å². The summed E-state index contributed by atoms with van der Waals surface area (Å²) in [7, 11) is 0. The molecule has 26 heavy (non-hydrogen) atoms. The van der Waals surface area contributed by atoms with Gasteiger partial charge in [-0.3, -0.25) is 9.59 Å². The van der Waals surface area contributed by atoms with E-state index in [1.807, 2.05) is 30.9 Å². The van der Waals surface area contributed by atoms with Gasteiger partial charge in [0.1, 0.15) is 0 Å². The van der Waals surface area contributed by atoms with Crippen LogP contribution in [0.5, 0.6) is 0 Å². The summed E-state index contributed by atoms with van der Waals surface area (Å²) in [5, 5.41) is 18.8. The molecule has 5 heteroatoms. The van der Waals surface area contributed by atoms with Gasteiger partial charge in [0.05, 0.1) is 12.1 Å². The molecule has 1 unspecified atom stereocenters. The van der Waals surface area contributed by atoms with Crippen molar-refractivity contribution in [2.24, 2.45) is 5.41 Å². The van der Waals surface area contributed by atoms with Crippen molar-refractivity contribution >= 4 is 11.9 Å². The van der Waals surface area contributed by atoms with Crippen molar-refractivity contribution in [1.29, 1.82) is 0 Å². The number of unbranched alkanes of at least 4 members (excludes halogenated alkanes) is 5. The second-order valence-electron chi connectivity index (χ2n) is 8.16. The molecular weight excluding hydrogens is 330 g/mol. The molecule has 150 valence electrons. The van der Waals surface area contributed by atoms with Gasteiger partial charge >= 0.3 is 5.97 Å². The minimum absolute atomic E-state index is 0.0531. The number of amides is 1. The van der Waals surface area contributed by atoms with Gasteiger partial charge in [0, 0.05) is 18.4 Å². The average Bonchev–Trinajstić information content (AvgIpc) is 2.78. The van der Waals surface area contributed by atoms with E-state index in [1.165, 1.54) is 0 Å². The Morgan fingerprint density at radius 3 is 2.58 bits per heavy atom. The van der Waals surface area contributed by atoms with Gasteiger partial charge in [0.15, 0.2) is 0 Å². The number of aliphatic hydroxyl groups is 1. The molecule has 1 aliphatic rings. The van der Waals surface area contributed by atoms with Gasteiger partial charge in [-0.25, -0.2) is 0 Å². The van der Waals surface area contributed by atoms with E-state index in [4.69, 9.17) is 5.11 Å². The Morgan fingerprint density at radius 1 is 1.23 bits per heavy atom. The lowest BCUT2D eigenvalue weighted by Gasteiger charge is -2.23. The summed E-state index contributed by atoms with van der Waals surface area (Å²) in [6.07, 6.45) is 11.9. The second kappa shape index (κ2) is 11.4. The molecule has 0 aromatic carbocycles. The fourth-order valence-electron chi connectivity index (χ4n) is 3.57. The number of aliphatic carboxylic acids is 1. The van der Waals surface area contributed by atoms with E-state index in [0.717, 1.165) is 51.4 Å². The fraction of sp³-hybridized carbons (Fsp3) is 0.810. The first-order valence-corrected chi connectivity index (χ1v) is 10.2. The standard InChI is InChI=1S/C21H37NO4/c1-4-5-8-11-18(23)14-13-17-16-21(2,3)20(26)22(17)15-10-7-6-9-12-19(24)25/h13-14,17-18,23H,4-12,15-16H2,1-3H3,(H,24,25)/b14-13+/t17?,18-/m1/s1. The summed E-state index contributed by atoms with van der Waals surface area (Å²) in [6, 6.07) is 0.0531. The Bertz CT molecular complexity index is 473. The van der Waals surface area contributed by atoms with E-state index in [1.54, 1.807) is 0 Å². The average molecular weight is 368 g/mol. The molecule has 5 nitrogen and oxygen atoms in total. The first kappa shape index (κ1) is 22.7. The Labute approximate surface area is 158 Å². The Balaban J connectivity index is 2.48. The van der Waals surface area contributed by atoms with Crippen LogP contribution in [-0.4, -0.2) is 45.7 Å². The van der Waals surface area contributed by atoms with Crippen LogP contribution < -0.4 is 0 Å². The fourth-order valence-corrected chi connectivity index (χ4v) is 3.57. The predicted molar refractivity (Wildman–Crippen MR) is 104 cm³/mol. The summed E-state index contributed by atoms with van der Waals surface area (Å²) < 4.78 is 0. The number of aliphatic hydroxyl groups excluding tert-OH is 1. The van der Waals surface area contributed by atoms with Crippen molar-refractivity contribution in [1.82, 2.24) is 4.90 Å². The summed E-state index contributed by atoms with van der Waals surface area (Å²) in [5.41, 5.74) is -0.356. The highest BCUT2D eigenvalue weighted by atomic mass is 16.4. The van der Waals surface area contributed by atoms with E-state index in [-0.39, 0.29) is 23.8 Å². The minimum Gasteiger partial charge on any atom is -0.481 e. The van der Waals surface area contributed by atoms with E-state index in [0.29, 0.717) is 13.0 Å². The molecule has 0 aliphatic carbocycles. The van der Waals surface area contributed by atoms with Gasteiger partial charge in [-0.1, -0.05) is 65.0 Å². The van der Waals surface area contributed by atoms with Crippen molar-refractivity contribution in [3.05, 3.63) is 12.2 Å². The van der Waals surface area contributed by atoms with E-state index in [2.05, 4.69) is 6.92 Å². The van der Waals surface area contributed by atoms with Crippen LogP contribution in [0.2, 0.25) is 0 Å². The lowest BCUT2D eigenvalue weighted by Crippen LogP contribution is -2.35. The first-order chi connectivity index (χ1) is 12.3. The van der Waals surface area contributed by atoms with Crippen LogP contribution in [0.3, 0.4) is 0 Å². The number of carboxylic acid groups (broad SMARTS) is 1. The summed E-state index contributed by atoms with van der Waals surface area (Å²) >= 11 is 0. The Morgan fingerprint density at radius 2 is 1.92 bits per heavy atom. The number of likely N-dealkylation sites (tertiary alicyclic amines) is 1. The zero-order chi connectivity index (χ0) is 19.6. The molecule has 0 radical (unpaired) electrons. The first-order valence-electron chi connectivity index (χ1n) is 10.2. The summed E-state index contributed by atoms with van der Waals surface area (Å²) in [6.45, 7) is 6.83. The number of hydrogen-bond acceptors (Lipinski definition) is 3. The van der Waals surface area contributed by atoms with Gasteiger partial charge < -0.3 is 15.1 Å². The van der Waals surface area contributed by atoms with Gasteiger partial charge in [-0.05, 0) is 25.7 Å². The number of carboxylic acids is 1. The van der Waals surface area contributed by atoms with Crippen molar-refractivity contribution in [2.75, 3.05) is 6.54 Å². The molecule has 0 spiro atoms. The normalized spacial score (nSPS) is 20.8. The highest BCUT2D eigenvalue weighted by Crippen LogP contribution is 2.36. The molecule has 1 fully saturated rings. The van der Waals surface area contributed by atoms with Gasteiger partial charge in [-0.2, -0.15) is 0 Å². The number of nitrogens with zero attached hydrogens (tertiary/aromatic N) is 1. The van der Waals surface area contributed by atoms with Crippen LogP contribution in [0, 0.1) is 5.41 Å². The molecule has 1 saturated heterocycles. The molecule has 0 aromatic heterocycles. The predicted octanol–water partition coefficient (Wildman–Crippen LogP) is 4.15. The molecule has 1 amide bonds. The highest BCUT2D eigenvalue weighted by molar-refractivity contribution is 5.85. The zero-order valence-corrected chi connectivity index (χ0v) is 16.7. The molecule has 0 saturated carbocycles. The zero-order valence-electron chi connectivity index (χ0n) is 16.7. The van der Waals surface area contributed by atoms with E-state index in [9.17, 15) is 14.7 Å². The summed E-state index contributed by atoms with van der Waals surface area (Å²) in [4.78, 5) is 25.1. The third-order valence-electron chi connectivity index (χ3n) is 5.16. The molecule has 0 aromatic rings. The molecule has 2 N–H and O–H groups in total. The molecule has 0 bridgehead atoms. The van der Waals surface area contributed by atoms with Crippen LogP contribution in [-0.2, 0) is 9.59 Å². The SMILES string of the molecule is CCCCC[C@@H](O)/C=C/C1CC(C)(C)C(=O)N1CCCCCCC(=O)O. The maximum atomic E-state index is 12.7. The minimum atomic E-state index is -0.746. The van der Waals surface area contributed by atoms with Gasteiger partial charge in [0.25, 0.3) is 0 Å². The number of rotatable bonds is 13. The van der Waals surface area contributed by atoms with Crippen molar-refractivity contribution in [3.8, 4) is 0 Å². The topological polar surface area (TPSA) is 77.8 Å². The second-order valence-corrected chi connectivity index (χ2v) is 8.16. The quantitative estimate of drug-likeness (QED) is 0.379. The van der Waals surface area contributed by atoms with E-state index < -0.39 is 12.1 Å². The lowest BCUT2D eigenvalue weighted by atomic mass is 9.89. The van der Waals surface area contributed by atoms with Crippen LogP contribution in [0.25, 0.3) is 0 Å². The van der Waals surface area contributed by atoms with Crippen LogP contribution in [0.1, 0.15) is 85.0 Å². The highest BCUT2D eigenvalue weighted by Gasteiger charge is 2.43. The van der Waals surface area contributed by atoms with Gasteiger partial charge in [-0.15, -0.1) is 0 Å². The lowest BCUT2D eigenvalue weighted by molar-refractivity contribution is -0.137. The Hall–Kier alpha value is -1.36.